The number of hydrogen-bond donors (Lipinski definition) is 1. The van der Waals surface area contributed by atoms with Gasteiger partial charge in [-0.1, -0.05) is 13.0 Å². The van der Waals surface area contributed by atoms with Gasteiger partial charge in [-0.3, -0.25) is 4.57 Å². The van der Waals surface area contributed by atoms with Gasteiger partial charge in [0, 0.05) is 12.8 Å². The molecule has 0 spiro atoms. The average Bonchev–Trinajstić information content (AvgIpc) is 2.76. The van der Waals surface area contributed by atoms with Crippen molar-refractivity contribution in [1.29, 1.82) is 0 Å². The van der Waals surface area contributed by atoms with Crippen LogP contribution in [0.3, 0.4) is 0 Å². The van der Waals surface area contributed by atoms with Gasteiger partial charge in [-0.15, -0.1) is 0 Å². The summed E-state index contributed by atoms with van der Waals surface area (Å²) >= 11 is 0. The van der Waals surface area contributed by atoms with Gasteiger partial charge in [0.05, 0.1) is 6.04 Å². The third-order valence-electron chi connectivity index (χ3n) is 3.48. The molecule has 1 aromatic rings. The molecule has 1 aliphatic carbocycles. The molecule has 1 unspecified atom stereocenters. The van der Waals surface area contributed by atoms with Gasteiger partial charge in [0.1, 0.15) is 18.7 Å². The van der Waals surface area contributed by atoms with Crippen LogP contribution in [0.15, 0.2) is 28.7 Å². The first-order valence-electron chi connectivity index (χ1n) is 6.97. The van der Waals surface area contributed by atoms with Crippen LogP contribution in [0.1, 0.15) is 26.3 Å². The average molecular weight is 297 g/mol. The molecule has 2 N–H and O–H groups in total. The number of nitrogens with zero attached hydrogens (tertiary/aromatic N) is 2. The van der Waals surface area contributed by atoms with Gasteiger partial charge in [0.25, 0.3) is 0 Å². The van der Waals surface area contributed by atoms with E-state index in [-0.39, 0.29) is 12.6 Å². The van der Waals surface area contributed by atoms with Gasteiger partial charge in [0.15, 0.2) is 6.17 Å². The van der Waals surface area contributed by atoms with Crippen molar-refractivity contribution in [3.8, 4) is 0 Å². The number of alkyl halides is 1. The van der Waals surface area contributed by atoms with Gasteiger partial charge < -0.3 is 15.2 Å². The van der Waals surface area contributed by atoms with Crippen molar-refractivity contribution < 1.29 is 13.9 Å². The van der Waals surface area contributed by atoms with Crippen molar-refractivity contribution >= 4 is 5.82 Å². The van der Waals surface area contributed by atoms with Crippen molar-refractivity contribution in [3.05, 3.63) is 34.4 Å². The van der Waals surface area contributed by atoms with Crippen molar-refractivity contribution in [2.45, 2.75) is 38.6 Å². The topological polar surface area (TPSA) is 79.4 Å². The third kappa shape index (κ3) is 3.30. The number of halogens is 1. The molecule has 0 radical (unpaired) electrons. The minimum absolute atomic E-state index is 0.0283. The summed E-state index contributed by atoms with van der Waals surface area (Å²) in [5.41, 5.74) is 5.69. The van der Waals surface area contributed by atoms with E-state index < -0.39 is 24.0 Å². The van der Waals surface area contributed by atoms with E-state index in [1.54, 1.807) is 6.08 Å². The minimum Gasteiger partial charge on any atom is -0.383 e. The van der Waals surface area contributed by atoms with Crippen molar-refractivity contribution in [3.63, 3.8) is 0 Å². The number of ether oxygens (including phenoxy) is 2. The van der Waals surface area contributed by atoms with E-state index in [9.17, 15) is 9.18 Å². The second kappa shape index (κ2) is 6.82. The maximum absolute atomic E-state index is 14.6. The molecule has 0 amide bonds. The highest BCUT2D eigenvalue weighted by atomic mass is 19.1. The smallest absolute Gasteiger partial charge is 0.350 e. The van der Waals surface area contributed by atoms with Crippen LogP contribution in [0.25, 0.3) is 0 Å². The van der Waals surface area contributed by atoms with Crippen LogP contribution in [0, 0.1) is 0 Å². The number of anilines is 1. The van der Waals surface area contributed by atoms with E-state index in [1.165, 1.54) is 16.8 Å². The Hall–Kier alpha value is -1.73. The van der Waals surface area contributed by atoms with E-state index in [0.29, 0.717) is 13.0 Å². The Morgan fingerprint density at radius 1 is 1.48 bits per heavy atom. The SMILES string of the molecule is CCOCO[C@H]1C(CC)=C[C@@H](n2ccc(N)nc2=O)C1F. The quantitative estimate of drug-likeness (QED) is 0.488. The van der Waals surface area contributed by atoms with E-state index >= 15 is 0 Å². The molecule has 2 rings (SSSR count). The summed E-state index contributed by atoms with van der Waals surface area (Å²) in [6.07, 6.45) is 1.77. The van der Waals surface area contributed by atoms with E-state index in [0.717, 1.165) is 5.57 Å². The molecule has 0 aromatic carbocycles. The Bertz CT molecular complexity index is 573. The summed E-state index contributed by atoms with van der Waals surface area (Å²) in [5.74, 6) is 0.119. The lowest BCUT2D eigenvalue weighted by Crippen LogP contribution is -2.34. The number of nitrogens with two attached hydrogens (primary N) is 1. The second-order valence-electron chi connectivity index (χ2n) is 4.77. The van der Waals surface area contributed by atoms with Gasteiger partial charge in [-0.05, 0) is 25.0 Å². The first-order chi connectivity index (χ1) is 10.1. The van der Waals surface area contributed by atoms with Gasteiger partial charge >= 0.3 is 5.69 Å². The highest BCUT2D eigenvalue weighted by molar-refractivity contribution is 5.27. The fourth-order valence-corrected chi connectivity index (χ4v) is 2.40. The molecule has 1 aliphatic rings. The molecule has 7 heteroatoms. The number of hydrogen-bond acceptors (Lipinski definition) is 5. The van der Waals surface area contributed by atoms with E-state index in [2.05, 4.69) is 4.98 Å². The maximum Gasteiger partial charge on any atom is 0.350 e. The summed E-state index contributed by atoms with van der Waals surface area (Å²) in [6, 6.07) is 0.745. The standard InChI is InChI=1S/C14H20FN3O3/c1-3-9-7-10(12(15)13(9)21-8-20-4-2)18-6-5-11(16)17-14(18)19/h5-7,10,12-13H,3-4,8H2,1-2H3,(H2,16,17,19)/t10-,12?,13+/m1/s1. The molecule has 21 heavy (non-hydrogen) atoms. The zero-order valence-corrected chi connectivity index (χ0v) is 12.2. The van der Waals surface area contributed by atoms with Crippen LogP contribution >= 0.6 is 0 Å². The Labute approximate surface area is 122 Å². The predicted molar refractivity (Wildman–Crippen MR) is 76.6 cm³/mol. The zero-order valence-electron chi connectivity index (χ0n) is 12.2. The number of allylic oxidation sites excluding steroid dienone is 1. The number of rotatable bonds is 6. The summed E-state index contributed by atoms with van der Waals surface area (Å²) < 4.78 is 26.4. The Morgan fingerprint density at radius 3 is 2.86 bits per heavy atom. The monoisotopic (exact) mass is 297 g/mol. The van der Waals surface area contributed by atoms with Crippen LogP contribution < -0.4 is 11.4 Å². The fraction of sp³-hybridized carbons (Fsp3) is 0.571. The van der Waals surface area contributed by atoms with Crippen LogP contribution in [0.4, 0.5) is 10.2 Å². The van der Waals surface area contributed by atoms with Crippen LogP contribution in [0.5, 0.6) is 0 Å². The van der Waals surface area contributed by atoms with Crippen molar-refractivity contribution in [2.24, 2.45) is 0 Å². The second-order valence-corrected chi connectivity index (χ2v) is 4.77. The molecule has 3 atom stereocenters. The van der Waals surface area contributed by atoms with Crippen LogP contribution in [0.2, 0.25) is 0 Å². The van der Waals surface area contributed by atoms with Gasteiger partial charge in [-0.25, -0.2) is 9.18 Å². The molecule has 0 fully saturated rings. The first kappa shape index (κ1) is 15.7. The highest BCUT2D eigenvalue weighted by Crippen LogP contribution is 2.34. The van der Waals surface area contributed by atoms with Crippen LogP contribution in [-0.4, -0.2) is 35.2 Å². The molecule has 0 bridgehead atoms. The number of aromatic nitrogens is 2. The largest absolute Gasteiger partial charge is 0.383 e. The lowest BCUT2D eigenvalue weighted by Gasteiger charge is -2.21. The summed E-state index contributed by atoms with van der Waals surface area (Å²) in [5, 5.41) is 0. The lowest BCUT2D eigenvalue weighted by atomic mass is 10.1. The van der Waals surface area contributed by atoms with E-state index in [4.69, 9.17) is 15.2 Å². The molecule has 0 saturated heterocycles. The molecule has 0 aliphatic heterocycles. The van der Waals surface area contributed by atoms with Crippen molar-refractivity contribution in [1.82, 2.24) is 9.55 Å². The first-order valence-corrected chi connectivity index (χ1v) is 6.97. The molecule has 6 nitrogen and oxygen atoms in total. The summed E-state index contributed by atoms with van der Waals surface area (Å²) in [7, 11) is 0. The third-order valence-corrected chi connectivity index (χ3v) is 3.48. The molecule has 0 saturated carbocycles. The summed E-state index contributed by atoms with van der Waals surface area (Å²) in [4.78, 5) is 15.5. The maximum atomic E-state index is 14.6. The molecule has 116 valence electrons. The Morgan fingerprint density at radius 2 is 2.24 bits per heavy atom. The van der Waals surface area contributed by atoms with Crippen LogP contribution in [-0.2, 0) is 9.47 Å². The zero-order chi connectivity index (χ0) is 15.4. The molecule has 1 heterocycles. The molecular formula is C14H20FN3O3. The van der Waals surface area contributed by atoms with Gasteiger partial charge in [0.2, 0.25) is 0 Å². The van der Waals surface area contributed by atoms with Crippen molar-refractivity contribution in [2.75, 3.05) is 19.1 Å². The predicted octanol–water partition coefficient (Wildman–Crippen LogP) is 1.43. The highest BCUT2D eigenvalue weighted by Gasteiger charge is 2.39. The number of nitrogen functional groups attached to an aromatic ring is 1. The molecule has 1 aromatic heterocycles. The fourth-order valence-electron chi connectivity index (χ4n) is 2.40. The Kier molecular flexibility index (Phi) is 5.08. The minimum atomic E-state index is -1.36. The van der Waals surface area contributed by atoms with Gasteiger partial charge in [-0.2, -0.15) is 4.98 Å². The lowest BCUT2D eigenvalue weighted by molar-refractivity contribution is -0.0951. The molecular weight excluding hydrogens is 277 g/mol. The van der Waals surface area contributed by atoms with E-state index in [1.807, 2.05) is 13.8 Å². The Balaban J connectivity index is 2.22. The summed E-state index contributed by atoms with van der Waals surface area (Å²) in [6.45, 7) is 4.28. The normalized spacial score (nSPS) is 25.1.